The number of halogens is 2. The van der Waals surface area contributed by atoms with Crippen LogP contribution in [-0.4, -0.2) is 4.98 Å². The largest absolute Gasteiger partial charge is 0.431 e. The monoisotopic (exact) mass is 187 g/mol. The zero-order valence-corrected chi connectivity index (χ0v) is 6.61. The third-order valence-corrected chi connectivity index (χ3v) is 1.59. The summed E-state index contributed by atoms with van der Waals surface area (Å²) in [6, 6.07) is 1.81. The van der Waals surface area contributed by atoms with E-state index in [0.29, 0.717) is 0 Å². The zero-order valence-electron chi connectivity index (χ0n) is 5.71. The van der Waals surface area contributed by atoms with E-state index in [0.717, 1.165) is 12.1 Å². The Kier molecular flexibility index (Phi) is 1.54. The molecule has 0 amide bonds. The molecule has 0 saturated carbocycles. The maximum atomic E-state index is 12.9. The number of oxazole rings is 1. The van der Waals surface area contributed by atoms with Crippen molar-refractivity contribution in [1.29, 1.82) is 0 Å². The molecule has 0 N–H and O–H groups in total. The lowest BCUT2D eigenvalue weighted by Crippen LogP contribution is -1.80. The van der Waals surface area contributed by atoms with Crippen molar-refractivity contribution >= 4 is 23.7 Å². The smallest absolute Gasteiger partial charge is 0.253 e. The molecule has 5 heteroatoms. The number of nitrogens with zero attached hydrogens (tertiary/aromatic N) is 1. The number of benzene rings is 1. The van der Waals surface area contributed by atoms with Gasteiger partial charge in [-0.15, -0.1) is 0 Å². The summed E-state index contributed by atoms with van der Waals surface area (Å²) in [6.45, 7) is 0. The van der Waals surface area contributed by atoms with E-state index >= 15 is 0 Å². The fourth-order valence-corrected chi connectivity index (χ4v) is 1.14. The Morgan fingerprint density at radius 3 is 2.83 bits per heavy atom. The minimum atomic E-state index is -0.742. The minimum Gasteiger partial charge on any atom is -0.431 e. The fraction of sp³-hybridized carbons (Fsp3) is 0. The molecule has 0 spiro atoms. The van der Waals surface area contributed by atoms with Gasteiger partial charge in [0.25, 0.3) is 5.22 Å². The van der Waals surface area contributed by atoms with Crippen LogP contribution < -0.4 is 0 Å². The van der Waals surface area contributed by atoms with Crippen LogP contribution in [0.25, 0.3) is 11.1 Å². The van der Waals surface area contributed by atoms with Crippen LogP contribution in [0.5, 0.6) is 0 Å². The molecule has 1 aromatic heterocycles. The first kappa shape index (κ1) is 7.54. The van der Waals surface area contributed by atoms with Gasteiger partial charge in [0.2, 0.25) is 0 Å². The first-order valence-corrected chi connectivity index (χ1v) is 3.56. The number of hydrogen-bond donors (Lipinski definition) is 1. The fourth-order valence-electron chi connectivity index (χ4n) is 0.945. The van der Waals surface area contributed by atoms with Crippen molar-refractivity contribution in [2.45, 2.75) is 5.22 Å². The van der Waals surface area contributed by atoms with E-state index in [2.05, 4.69) is 17.6 Å². The van der Waals surface area contributed by atoms with E-state index in [1.165, 1.54) is 0 Å². The van der Waals surface area contributed by atoms with Crippen LogP contribution in [0.3, 0.4) is 0 Å². The van der Waals surface area contributed by atoms with Gasteiger partial charge in [0, 0.05) is 12.1 Å². The second kappa shape index (κ2) is 2.45. The van der Waals surface area contributed by atoms with Gasteiger partial charge < -0.3 is 4.42 Å². The van der Waals surface area contributed by atoms with E-state index in [1.807, 2.05) is 0 Å². The maximum absolute atomic E-state index is 12.9. The Balaban J connectivity index is 2.88. The van der Waals surface area contributed by atoms with Gasteiger partial charge in [-0.25, -0.2) is 13.8 Å². The number of fused-ring (bicyclic) bond motifs is 1. The van der Waals surface area contributed by atoms with E-state index in [1.54, 1.807) is 0 Å². The first-order chi connectivity index (χ1) is 5.66. The average molecular weight is 187 g/mol. The number of hydrogen-bond acceptors (Lipinski definition) is 3. The van der Waals surface area contributed by atoms with Gasteiger partial charge in [0.05, 0.1) is 0 Å². The van der Waals surface area contributed by atoms with Crippen molar-refractivity contribution < 1.29 is 13.2 Å². The van der Waals surface area contributed by atoms with Crippen molar-refractivity contribution in [3.05, 3.63) is 23.8 Å². The zero-order chi connectivity index (χ0) is 8.72. The summed E-state index contributed by atoms with van der Waals surface area (Å²) in [7, 11) is 0. The Hall–Kier alpha value is -1.10. The predicted molar refractivity (Wildman–Crippen MR) is 41.2 cm³/mol. The number of aromatic nitrogens is 1. The van der Waals surface area contributed by atoms with Crippen molar-refractivity contribution in [2.24, 2.45) is 0 Å². The summed E-state index contributed by atoms with van der Waals surface area (Å²) in [5.74, 6) is -1.43. The van der Waals surface area contributed by atoms with Gasteiger partial charge in [-0.3, -0.25) is 0 Å². The molecular formula is C7H3F2NOS. The molecule has 0 aliphatic rings. The Morgan fingerprint density at radius 1 is 1.33 bits per heavy atom. The van der Waals surface area contributed by atoms with Crippen LogP contribution in [0.1, 0.15) is 0 Å². The molecule has 0 fully saturated rings. The van der Waals surface area contributed by atoms with Crippen molar-refractivity contribution in [1.82, 2.24) is 4.98 Å². The molecule has 0 aliphatic carbocycles. The van der Waals surface area contributed by atoms with Crippen LogP contribution in [0.15, 0.2) is 21.8 Å². The van der Waals surface area contributed by atoms with E-state index < -0.39 is 11.6 Å². The van der Waals surface area contributed by atoms with Crippen molar-refractivity contribution in [3.63, 3.8) is 0 Å². The lowest BCUT2D eigenvalue weighted by molar-refractivity contribution is 0.489. The predicted octanol–water partition coefficient (Wildman–Crippen LogP) is 2.39. The normalized spacial score (nSPS) is 10.9. The molecule has 62 valence electrons. The molecule has 2 nitrogen and oxygen atoms in total. The van der Waals surface area contributed by atoms with Gasteiger partial charge in [0.15, 0.2) is 11.4 Å². The summed E-state index contributed by atoms with van der Waals surface area (Å²) in [4.78, 5) is 3.61. The molecule has 0 bridgehead atoms. The third-order valence-electron chi connectivity index (χ3n) is 1.40. The van der Waals surface area contributed by atoms with Gasteiger partial charge in [0.1, 0.15) is 11.3 Å². The summed E-state index contributed by atoms with van der Waals surface area (Å²) >= 11 is 3.76. The van der Waals surface area contributed by atoms with Gasteiger partial charge >= 0.3 is 0 Å². The average Bonchev–Trinajstić information content (AvgIpc) is 2.29. The lowest BCUT2D eigenvalue weighted by atomic mass is 10.3. The van der Waals surface area contributed by atoms with E-state index in [9.17, 15) is 8.78 Å². The van der Waals surface area contributed by atoms with Crippen LogP contribution in [-0.2, 0) is 0 Å². The highest BCUT2D eigenvalue weighted by Crippen LogP contribution is 2.21. The molecule has 0 radical (unpaired) electrons. The topological polar surface area (TPSA) is 26.0 Å². The summed E-state index contributed by atoms with van der Waals surface area (Å²) in [6.07, 6.45) is 0. The van der Waals surface area contributed by atoms with Gasteiger partial charge in [-0.1, -0.05) is 12.6 Å². The molecule has 0 saturated heterocycles. The van der Waals surface area contributed by atoms with Crippen molar-refractivity contribution in [3.8, 4) is 0 Å². The quantitative estimate of drug-likeness (QED) is 0.641. The SMILES string of the molecule is Fc1cc(F)c2nc(S)oc2c1. The van der Waals surface area contributed by atoms with Crippen LogP contribution in [0.2, 0.25) is 0 Å². The molecule has 12 heavy (non-hydrogen) atoms. The summed E-state index contributed by atoms with van der Waals surface area (Å²) in [5.41, 5.74) is 0.0684. The maximum Gasteiger partial charge on any atom is 0.253 e. The molecule has 0 unspecified atom stereocenters. The highest BCUT2D eigenvalue weighted by molar-refractivity contribution is 7.80. The minimum absolute atomic E-state index is 0.00130. The third kappa shape index (κ3) is 1.06. The summed E-state index contributed by atoms with van der Waals surface area (Å²) < 4.78 is 30.2. The Labute approximate surface area is 71.6 Å². The number of rotatable bonds is 0. The Morgan fingerprint density at radius 2 is 2.08 bits per heavy atom. The molecule has 2 rings (SSSR count). The summed E-state index contributed by atoms with van der Waals surface area (Å²) in [5, 5.41) is 0.0227. The van der Waals surface area contributed by atoms with Crippen LogP contribution in [0, 0.1) is 11.6 Å². The molecule has 0 atom stereocenters. The second-order valence-electron chi connectivity index (χ2n) is 2.23. The van der Waals surface area contributed by atoms with Crippen LogP contribution >= 0.6 is 12.6 Å². The first-order valence-electron chi connectivity index (χ1n) is 3.11. The standard InChI is InChI=1S/C7H3F2NOS/c8-3-1-4(9)6-5(2-3)11-7(12)10-6/h1-2H,(H,10,12). The highest BCUT2D eigenvalue weighted by Gasteiger charge is 2.09. The molecule has 2 aromatic rings. The molecular weight excluding hydrogens is 184 g/mol. The number of thiol groups is 1. The highest BCUT2D eigenvalue weighted by atomic mass is 32.1. The Bertz CT molecular complexity index is 440. The molecule has 1 heterocycles. The lowest BCUT2D eigenvalue weighted by Gasteiger charge is -1.88. The van der Waals surface area contributed by atoms with E-state index in [4.69, 9.17) is 4.42 Å². The molecule has 0 aliphatic heterocycles. The molecule has 1 aromatic carbocycles. The second-order valence-corrected chi connectivity index (χ2v) is 2.61. The van der Waals surface area contributed by atoms with Gasteiger partial charge in [-0.05, 0) is 0 Å². The van der Waals surface area contributed by atoms with Gasteiger partial charge in [-0.2, -0.15) is 0 Å². The van der Waals surface area contributed by atoms with Crippen molar-refractivity contribution in [2.75, 3.05) is 0 Å². The van der Waals surface area contributed by atoms with Crippen LogP contribution in [0.4, 0.5) is 8.78 Å². The van der Waals surface area contributed by atoms with E-state index in [-0.39, 0.29) is 16.3 Å².